The third kappa shape index (κ3) is 2.86. The number of primary amides is 1. The highest BCUT2D eigenvalue weighted by Crippen LogP contribution is 2.31. The van der Waals surface area contributed by atoms with E-state index in [0.717, 1.165) is 11.1 Å². The zero-order valence-corrected chi connectivity index (χ0v) is 13.7. The number of carbonyl (C=O) groups is 2. The fourth-order valence-corrected chi connectivity index (χ4v) is 3.45. The van der Waals surface area contributed by atoms with Crippen LogP contribution in [0.1, 0.15) is 11.1 Å². The molecule has 0 saturated carbocycles. The summed E-state index contributed by atoms with van der Waals surface area (Å²) in [4.78, 5) is 25.3. The molecule has 0 radical (unpaired) electrons. The molecule has 5 nitrogen and oxygen atoms in total. The summed E-state index contributed by atoms with van der Waals surface area (Å²) in [5, 5.41) is 1.08. The maximum Gasteiger partial charge on any atom is 0.419 e. The van der Waals surface area contributed by atoms with Gasteiger partial charge in [0.15, 0.2) is 6.04 Å². The Bertz CT molecular complexity index is 597. The van der Waals surface area contributed by atoms with E-state index >= 15 is 0 Å². The summed E-state index contributed by atoms with van der Waals surface area (Å²) in [6.07, 6.45) is 0. The van der Waals surface area contributed by atoms with E-state index in [-0.39, 0.29) is 10.5 Å². The van der Waals surface area contributed by atoms with Crippen molar-refractivity contribution in [1.82, 2.24) is 4.90 Å². The Hall–Kier alpha value is -1.30. The average molecular weight is 331 g/mol. The van der Waals surface area contributed by atoms with Crippen molar-refractivity contribution in [2.45, 2.75) is 19.5 Å². The second-order valence-corrected chi connectivity index (χ2v) is 6.57. The van der Waals surface area contributed by atoms with Crippen molar-refractivity contribution in [3.63, 3.8) is 0 Å². The van der Waals surface area contributed by atoms with Gasteiger partial charge in [-0.2, -0.15) is 0 Å². The number of hydrogen-bond donors (Lipinski definition) is 1. The smallest absolute Gasteiger partial charge is 0.368 e. The van der Waals surface area contributed by atoms with Gasteiger partial charge in [0.05, 0.1) is 12.1 Å². The minimum Gasteiger partial charge on any atom is -0.368 e. The van der Waals surface area contributed by atoms with Crippen molar-refractivity contribution >= 4 is 35.1 Å². The number of hydrogen-bond acceptors (Lipinski definition) is 2. The van der Waals surface area contributed by atoms with Gasteiger partial charge in [-0.1, -0.05) is 23.2 Å². The van der Waals surface area contributed by atoms with Crippen LogP contribution in [-0.4, -0.2) is 48.0 Å². The minimum atomic E-state index is -0.589. The van der Waals surface area contributed by atoms with Crippen LogP contribution in [0.25, 0.3) is 0 Å². The van der Waals surface area contributed by atoms with Crippen molar-refractivity contribution < 1.29 is 14.1 Å². The molecular weight excluding hydrogens is 313 g/mol. The first-order valence-electron chi connectivity index (χ1n) is 6.51. The highest BCUT2D eigenvalue weighted by Gasteiger charge is 2.50. The SMILES string of the molecule is Cc1cc(Cl)cc(Cl)c1C[N+]1(C)CC(C(N)=O)N(C)C1=O. The van der Waals surface area contributed by atoms with E-state index in [2.05, 4.69) is 0 Å². The Morgan fingerprint density at radius 3 is 2.57 bits per heavy atom. The number of likely N-dealkylation sites (N-methyl/N-ethyl adjacent to an activating group) is 2. The fraction of sp³-hybridized carbons (Fsp3) is 0.429. The molecule has 0 bridgehead atoms. The molecule has 1 saturated heterocycles. The Morgan fingerprint density at radius 2 is 2.10 bits per heavy atom. The largest absolute Gasteiger partial charge is 0.419 e. The molecule has 2 atom stereocenters. The van der Waals surface area contributed by atoms with E-state index in [9.17, 15) is 9.59 Å². The van der Waals surface area contributed by atoms with Gasteiger partial charge in [-0.25, -0.2) is 9.28 Å². The predicted molar refractivity (Wildman–Crippen MR) is 82.1 cm³/mol. The summed E-state index contributed by atoms with van der Waals surface area (Å²) >= 11 is 12.2. The lowest BCUT2D eigenvalue weighted by molar-refractivity contribution is -0.835. The molecule has 114 valence electrons. The number of quaternary nitrogens is 1. The average Bonchev–Trinajstić information content (AvgIpc) is 2.59. The molecule has 2 N–H and O–H groups in total. The van der Waals surface area contributed by atoms with Crippen LogP contribution in [-0.2, 0) is 11.3 Å². The Balaban J connectivity index is 2.35. The molecule has 1 aliphatic heterocycles. The van der Waals surface area contributed by atoms with E-state index in [4.69, 9.17) is 28.9 Å². The van der Waals surface area contributed by atoms with Gasteiger partial charge in [-0.15, -0.1) is 0 Å². The van der Waals surface area contributed by atoms with Crippen LogP contribution in [0.5, 0.6) is 0 Å². The second-order valence-electron chi connectivity index (χ2n) is 5.73. The molecule has 1 aliphatic rings. The molecule has 0 aromatic heterocycles. The standard InChI is InChI=1S/C14H17Cl2N3O2/c1-8-4-9(15)5-11(16)10(8)6-19(3)7-12(13(17)20)18(2)14(19)21/h4-5,12H,6-7H2,1-3H3,(H-,17,20)/p+1. The van der Waals surface area contributed by atoms with Gasteiger partial charge < -0.3 is 5.73 Å². The number of nitrogens with two attached hydrogens (primary N) is 1. The zero-order valence-electron chi connectivity index (χ0n) is 12.2. The summed E-state index contributed by atoms with van der Waals surface area (Å²) in [5.41, 5.74) is 7.14. The van der Waals surface area contributed by atoms with Gasteiger partial charge in [-0.05, 0) is 24.6 Å². The summed E-state index contributed by atoms with van der Waals surface area (Å²) in [6, 6.07) is 2.73. The lowest BCUT2D eigenvalue weighted by Gasteiger charge is -2.26. The Morgan fingerprint density at radius 1 is 1.48 bits per heavy atom. The first-order chi connectivity index (χ1) is 9.65. The van der Waals surface area contributed by atoms with Gasteiger partial charge in [-0.3, -0.25) is 9.69 Å². The van der Waals surface area contributed by atoms with E-state index in [0.29, 0.717) is 23.1 Å². The van der Waals surface area contributed by atoms with Crippen molar-refractivity contribution in [2.24, 2.45) is 5.73 Å². The van der Waals surface area contributed by atoms with Crippen LogP contribution in [0.3, 0.4) is 0 Å². The molecule has 21 heavy (non-hydrogen) atoms. The third-order valence-electron chi connectivity index (χ3n) is 4.03. The van der Waals surface area contributed by atoms with Crippen LogP contribution < -0.4 is 5.73 Å². The molecular formula is C14H18Cl2N3O2+. The highest BCUT2D eigenvalue weighted by atomic mass is 35.5. The molecule has 2 unspecified atom stereocenters. The molecule has 1 aromatic rings. The third-order valence-corrected chi connectivity index (χ3v) is 4.58. The number of aryl methyl sites for hydroxylation is 1. The number of rotatable bonds is 3. The molecule has 1 fully saturated rings. The molecule has 0 spiro atoms. The maximum atomic E-state index is 12.5. The highest BCUT2D eigenvalue weighted by molar-refractivity contribution is 6.35. The van der Waals surface area contributed by atoms with E-state index in [1.54, 1.807) is 20.2 Å². The van der Waals surface area contributed by atoms with E-state index < -0.39 is 11.9 Å². The molecule has 1 aromatic carbocycles. The second kappa shape index (κ2) is 5.48. The number of halogens is 2. The van der Waals surface area contributed by atoms with Crippen LogP contribution in [0.2, 0.25) is 10.0 Å². The van der Waals surface area contributed by atoms with E-state index in [1.807, 2.05) is 13.0 Å². The predicted octanol–water partition coefficient (Wildman–Crippen LogP) is 2.17. The quantitative estimate of drug-likeness (QED) is 0.863. The topological polar surface area (TPSA) is 63.4 Å². The normalized spacial score (nSPS) is 25.5. The molecule has 1 heterocycles. The molecule has 7 heteroatoms. The number of nitrogens with zero attached hydrogens (tertiary/aromatic N) is 2. The number of amides is 3. The van der Waals surface area contributed by atoms with E-state index in [1.165, 1.54) is 4.90 Å². The monoisotopic (exact) mass is 330 g/mol. The van der Waals surface area contributed by atoms with Gasteiger partial charge in [0, 0.05) is 17.6 Å². The van der Waals surface area contributed by atoms with Crippen molar-refractivity contribution in [1.29, 1.82) is 0 Å². The first kappa shape index (κ1) is 16.1. The van der Waals surface area contributed by atoms with Gasteiger partial charge >= 0.3 is 6.03 Å². The van der Waals surface area contributed by atoms with Crippen molar-refractivity contribution in [3.8, 4) is 0 Å². The molecule has 2 rings (SSSR count). The van der Waals surface area contributed by atoms with Crippen molar-refractivity contribution in [3.05, 3.63) is 33.3 Å². The fourth-order valence-electron chi connectivity index (χ4n) is 2.79. The summed E-state index contributed by atoms with van der Waals surface area (Å²) in [7, 11) is 3.38. The van der Waals surface area contributed by atoms with Crippen LogP contribution >= 0.6 is 23.2 Å². The van der Waals surface area contributed by atoms with Crippen molar-refractivity contribution in [2.75, 3.05) is 20.6 Å². The molecule has 3 amide bonds. The van der Waals surface area contributed by atoms with Gasteiger partial charge in [0.2, 0.25) is 5.91 Å². The van der Waals surface area contributed by atoms with Crippen LogP contribution in [0.15, 0.2) is 12.1 Å². The number of benzene rings is 1. The summed E-state index contributed by atoms with van der Waals surface area (Å²) in [5.74, 6) is -0.494. The lowest BCUT2D eigenvalue weighted by atomic mass is 10.1. The first-order valence-corrected chi connectivity index (χ1v) is 7.27. The molecule has 0 aliphatic carbocycles. The maximum absolute atomic E-state index is 12.5. The Labute approximate surface area is 133 Å². The summed E-state index contributed by atoms with van der Waals surface area (Å²) < 4.78 is 0.0618. The number of carbonyl (C=O) groups excluding carboxylic acids is 2. The Kier molecular flexibility index (Phi) is 4.19. The minimum absolute atomic E-state index is 0.0618. The zero-order chi connectivity index (χ0) is 15.9. The van der Waals surface area contributed by atoms with Crippen LogP contribution in [0, 0.1) is 6.92 Å². The van der Waals surface area contributed by atoms with Gasteiger partial charge in [0.25, 0.3) is 0 Å². The van der Waals surface area contributed by atoms with Gasteiger partial charge in [0.1, 0.15) is 13.1 Å². The summed E-state index contributed by atoms with van der Waals surface area (Å²) in [6.45, 7) is 2.63. The number of urea groups is 1. The lowest BCUT2D eigenvalue weighted by Crippen LogP contribution is -2.46. The van der Waals surface area contributed by atoms with Crippen LogP contribution in [0.4, 0.5) is 4.79 Å².